The third-order valence-corrected chi connectivity index (χ3v) is 1.82. The number of hydrogen-bond acceptors (Lipinski definition) is 2. The summed E-state index contributed by atoms with van der Waals surface area (Å²) in [6.07, 6.45) is 1.18. The van der Waals surface area contributed by atoms with Gasteiger partial charge in [0.15, 0.2) is 17.4 Å². The van der Waals surface area contributed by atoms with Gasteiger partial charge in [0.05, 0.1) is 0 Å². The van der Waals surface area contributed by atoms with Gasteiger partial charge in [-0.1, -0.05) is 6.92 Å². The van der Waals surface area contributed by atoms with Crippen molar-refractivity contribution in [3.63, 3.8) is 0 Å². The third-order valence-electron chi connectivity index (χ3n) is 1.82. The number of ether oxygens (including phenoxy) is 1. The van der Waals surface area contributed by atoms with Crippen molar-refractivity contribution in [3.8, 4) is 5.75 Å². The predicted octanol–water partition coefficient (Wildman–Crippen LogP) is 2.71. The van der Waals surface area contributed by atoms with E-state index in [1.807, 2.05) is 6.92 Å². The van der Waals surface area contributed by atoms with Gasteiger partial charge >= 0.3 is 0 Å². The van der Waals surface area contributed by atoms with Crippen molar-refractivity contribution in [2.75, 3.05) is 6.61 Å². The normalized spacial score (nSPS) is 10.1. The van der Waals surface area contributed by atoms with Crippen LogP contribution in [0.4, 0.5) is 8.78 Å². The van der Waals surface area contributed by atoms with Crippen LogP contribution in [0.25, 0.3) is 0 Å². The highest BCUT2D eigenvalue weighted by atomic mass is 19.2. The fraction of sp³-hybridized carbons (Fsp3) is 0.364. The van der Waals surface area contributed by atoms with E-state index in [1.165, 1.54) is 6.07 Å². The Morgan fingerprint density at radius 3 is 2.67 bits per heavy atom. The molecule has 0 aliphatic heterocycles. The van der Waals surface area contributed by atoms with Gasteiger partial charge in [0, 0.05) is 12.5 Å². The smallest absolute Gasteiger partial charge is 0.170 e. The first-order chi connectivity index (χ1) is 7.13. The van der Waals surface area contributed by atoms with Crippen LogP contribution in [0.1, 0.15) is 19.8 Å². The van der Waals surface area contributed by atoms with E-state index in [0.717, 1.165) is 18.6 Å². The van der Waals surface area contributed by atoms with E-state index in [2.05, 4.69) is 0 Å². The average molecular weight is 214 g/mol. The highest BCUT2D eigenvalue weighted by molar-refractivity contribution is 5.79. The summed E-state index contributed by atoms with van der Waals surface area (Å²) in [4.78, 5) is 11.1. The van der Waals surface area contributed by atoms with Crippen molar-refractivity contribution in [2.45, 2.75) is 19.8 Å². The Kier molecular flexibility index (Phi) is 4.21. The van der Waals surface area contributed by atoms with Gasteiger partial charge in [-0.3, -0.25) is 4.79 Å². The molecule has 0 unspecified atom stereocenters. The number of Topliss-reactive ketones (excluding diaryl/α,β-unsaturated/α-hetero) is 1. The number of benzene rings is 1. The van der Waals surface area contributed by atoms with E-state index >= 15 is 0 Å². The Hall–Kier alpha value is -1.45. The third kappa shape index (κ3) is 3.65. The van der Waals surface area contributed by atoms with Crippen LogP contribution in [-0.2, 0) is 4.79 Å². The van der Waals surface area contributed by atoms with Gasteiger partial charge in [-0.15, -0.1) is 0 Å². The summed E-state index contributed by atoms with van der Waals surface area (Å²) in [5.41, 5.74) is 0. The molecule has 1 rings (SSSR count). The van der Waals surface area contributed by atoms with Crippen LogP contribution in [0.3, 0.4) is 0 Å². The van der Waals surface area contributed by atoms with E-state index < -0.39 is 11.6 Å². The topological polar surface area (TPSA) is 26.3 Å². The largest absolute Gasteiger partial charge is 0.486 e. The molecule has 82 valence electrons. The summed E-state index contributed by atoms with van der Waals surface area (Å²) in [6.45, 7) is 1.79. The first kappa shape index (κ1) is 11.6. The van der Waals surface area contributed by atoms with Gasteiger partial charge in [0.25, 0.3) is 0 Å². The fourth-order valence-corrected chi connectivity index (χ4v) is 1.08. The number of hydrogen-bond donors (Lipinski definition) is 0. The summed E-state index contributed by atoms with van der Waals surface area (Å²) < 4.78 is 30.2. The number of carbonyl (C=O) groups is 1. The van der Waals surface area contributed by atoms with Crippen molar-refractivity contribution in [3.05, 3.63) is 29.8 Å². The van der Waals surface area contributed by atoms with Crippen LogP contribution in [0.15, 0.2) is 18.2 Å². The second-order valence-electron chi connectivity index (χ2n) is 3.15. The van der Waals surface area contributed by atoms with E-state index in [9.17, 15) is 13.6 Å². The minimum atomic E-state index is -0.976. The van der Waals surface area contributed by atoms with Crippen LogP contribution in [-0.4, -0.2) is 12.4 Å². The van der Waals surface area contributed by atoms with E-state index in [4.69, 9.17) is 4.74 Å². The van der Waals surface area contributed by atoms with Crippen molar-refractivity contribution >= 4 is 5.78 Å². The van der Waals surface area contributed by atoms with E-state index in [0.29, 0.717) is 6.42 Å². The molecule has 0 atom stereocenters. The molecule has 0 N–H and O–H groups in total. The molecule has 4 heteroatoms. The molecular weight excluding hydrogens is 202 g/mol. The molecule has 0 bridgehead atoms. The zero-order valence-electron chi connectivity index (χ0n) is 8.43. The van der Waals surface area contributed by atoms with Crippen LogP contribution < -0.4 is 4.74 Å². The lowest BCUT2D eigenvalue weighted by atomic mass is 10.2. The summed E-state index contributed by atoms with van der Waals surface area (Å²) in [5, 5.41) is 0. The van der Waals surface area contributed by atoms with Gasteiger partial charge in [-0.2, -0.15) is 0 Å². The molecule has 0 heterocycles. The maximum Gasteiger partial charge on any atom is 0.170 e. The fourth-order valence-electron chi connectivity index (χ4n) is 1.08. The number of ketones is 1. The highest BCUT2D eigenvalue weighted by Gasteiger charge is 2.05. The first-order valence-corrected chi connectivity index (χ1v) is 4.73. The van der Waals surface area contributed by atoms with Crippen molar-refractivity contribution in [2.24, 2.45) is 0 Å². The predicted molar refractivity (Wildman–Crippen MR) is 51.8 cm³/mol. The molecule has 0 amide bonds. The Labute approximate surface area is 86.9 Å². The lowest BCUT2D eigenvalue weighted by molar-refractivity contribution is -0.121. The molecular formula is C11H12F2O2. The Morgan fingerprint density at radius 2 is 2.07 bits per heavy atom. The molecule has 0 saturated heterocycles. The van der Waals surface area contributed by atoms with E-state index in [-0.39, 0.29) is 18.1 Å². The van der Waals surface area contributed by atoms with Crippen molar-refractivity contribution in [1.29, 1.82) is 0 Å². The second-order valence-corrected chi connectivity index (χ2v) is 3.15. The molecule has 1 aromatic rings. The van der Waals surface area contributed by atoms with E-state index in [1.54, 1.807) is 0 Å². The second kappa shape index (κ2) is 5.44. The Balaban J connectivity index is 2.51. The summed E-state index contributed by atoms with van der Waals surface area (Å²) in [6, 6.07) is 3.18. The molecule has 1 aromatic carbocycles. The number of carbonyl (C=O) groups excluding carboxylic acids is 1. The lowest BCUT2D eigenvalue weighted by Crippen LogP contribution is -2.10. The van der Waals surface area contributed by atoms with Gasteiger partial charge in [-0.05, 0) is 18.6 Å². The summed E-state index contributed by atoms with van der Waals surface area (Å²) in [5.74, 6) is -1.79. The SMILES string of the molecule is CCCC(=O)COc1ccc(F)c(F)c1. The monoisotopic (exact) mass is 214 g/mol. The lowest BCUT2D eigenvalue weighted by Gasteiger charge is -2.04. The zero-order valence-corrected chi connectivity index (χ0v) is 8.43. The number of halogens is 2. The molecule has 0 saturated carbocycles. The van der Waals surface area contributed by atoms with Crippen molar-refractivity contribution in [1.82, 2.24) is 0 Å². The molecule has 0 radical (unpaired) electrons. The van der Waals surface area contributed by atoms with Crippen LogP contribution >= 0.6 is 0 Å². The minimum absolute atomic E-state index is 0.0535. The first-order valence-electron chi connectivity index (χ1n) is 4.73. The van der Waals surface area contributed by atoms with Gasteiger partial charge in [0.1, 0.15) is 12.4 Å². The van der Waals surface area contributed by atoms with Crippen molar-refractivity contribution < 1.29 is 18.3 Å². The van der Waals surface area contributed by atoms with Gasteiger partial charge in [0.2, 0.25) is 0 Å². The average Bonchev–Trinajstić information content (AvgIpc) is 2.20. The highest BCUT2D eigenvalue weighted by Crippen LogP contribution is 2.15. The van der Waals surface area contributed by atoms with Crippen LogP contribution in [0, 0.1) is 11.6 Å². The molecule has 15 heavy (non-hydrogen) atoms. The molecule has 2 nitrogen and oxygen atoms in total. The molecule has 0 aliphatic rings. The van der Waals surface area contributed by atoms with Gasteiger partial charge in [-0.25, -0.2) is 8.78 Å². The molecule has 0 aromatic heterocycles. The Bertz CT molecular complexity index is 350. The zero-order chi connectivity index (χ0) is 11.3. The molecule has 0 aliphatic carbocycles. The van der Waals surface area contributed by atoms with Gasteiger partial charge < -0.3 is 4.74 Å². The molecule has 0 fully saturated rings. The quantitative estimate of drug-likeness (QED) is 0.753. The summed E-state index contributed by atoms with van der Waals surface area (Å²) >= 11 is 0. The standard InChI is InChI=1S/C11H12F2O2/c1-2-3-8(14)7-15-9-4-5-10(12)11(13)6-9/h4-6H,2-3,7H2,1H3. The maximum absolute atomic E-state index is 12.7. The Morgan fingerprint density at radius 1 is 1.33 bits per heavy atom. The maximum atomic E-state index is 12.7. The van der Waals surface area contributed by atoms with Crippen LogP contribution in [0.5, 0.6) is 5.75 Å². The summed E-state index contributed by atoms with van der Waals surface area (Å²) in [7, 11) is 0. The number of rotatable bonds is 5. The minimum Gasteiger partial charge on any atom is -0.486 e. The molecule has 0 spiro atoms. The van der Waals surface area contributed by atoms with Crippen LogP contribution in [0.2, 0.25) is 0 Å².